The molecule has 4 heteroatoms. The lowest BCUT2D eigenvalue weighted by molar-refractivity contribution is -0.119. The van der Waals surface area contributed by atoms with Gasteiger partial charge in [0.2, 0.25) is 0 Å². The molecule has 1 atom stereocenters. The third-order valence-electron chi connectivity index (χ3n) is 3.75. The van der Waals surface area contributed by atoms with E-state index >= 15 is 0 Å². The van der Waals surface area contributed by atoms with Crippen LogP contribution in [-0.2, 0) is 17.6 Å². The van der Waals surface area contributed by atoms with Crippen molar-refractivity contribution in [3.05, 3.63) is 64.7 Å². The van der Waals surface area contributed by atoms with Gasteiger partial charge in [-0.15, -0.1) is 0 Å². The van der Waals surface area contributed by atoms with Gasteiger partial charge in [-0.2, -0.15) is 0 Å². The van der Waals surface area contributed by atoms with Crippen molar-refractivity contribution >= 4 is 17.4 Å². The molecular formula is C19H21ClO3. The minimum Gasteiger partial charge on any atom is -0.497 e. The van der Waals surface area contributed by atoms with E-state index in [1.165, 1.54) is 0 Å². The minimum absolute atomic E-state index is 0.00663. The van der Waals surface area contributed by atoms with E-state index in [1.54, 1.807) is 19.2 Å². The predicted molar refractivity (Wildman–Crippen MR) is 92.1 cm³/mol. The molecule has 23 heavy (non-hydrogen) atoms. The molecule has 0 bridgehead atoms. The Balaban J connectivity index is 1.91. The normalized spacial score (nSPS) is 12.0. The number of aliphatic hydroxyl groups is 1. The summed E-state index contributed by atoms with van der Waals surface area (Å²) in [5, 5.41) is 10.2. The van der Waals surface area contributed by atoms with Crippen LogP contribution in [0, 0.1) is 5.92 Å². The standard InChI is InChI=1S/C19H21ClO3/c1-23-19-7-5-14(6-8-19)9-16(13-21)12-18(22)11-15-3-2-4-17(20)10-15/h2-8,10,16,21H,9,11-13H2,1H3. The maximum absolute atomic E-state index is 12.2. The average molecular weight is 333 g/mol. The maximum atomic E-state index is 12.2. The van der Waals surface area contributed by atoms with Crippen molar-refractivity contribution in [3.8, 4) is 5.75 Å². The van der Waals surface area contributed by atoms with Gasteiger partial charge in [0, 0.05) is 24.5 Å². The predicted octanol–water partition coefficient (Wildman–Crippen LogP) is 3.70. The van der Waals surface area contributed by atoms with Gasteiger partial charge in [-0.05, 0) is 47.7 Å². The number of methoxy groups -OCH3 is 1. The van der Waals surface area contributed by atoms with Crippen LogP contribution in [0.1, 0.15) is 17.5 Å². The first-order valence-electron chi connectivity index (χ1n) is 7.60. The van der Waals surface area contributed by atoms with Crippen LogP contribution >= 0.6 is 11.6 Å². The van der Waals surface area contributed by atoms with E-state index in [4.69, 9.17) is 16.3 Å². The zero-order valence-electron chi connectivity index (χ0n) is 13.2. The quantitative estimate of drug-likeness (QED) is 0.801. The Morgan fingerprint density at radius 2 is 1.91 bits per heavy atom. The van der Waals surface area contributed by atoms with Crippen molar-refractivity contribution in [2.45, 2.75) is 19.3 Å². The minimum atomic E-state index is -0.0740. The summed E-state index contributed by atoms with van der Waals surface area (Å²) in [5.41, 5.74) is 1.99. The SMILES string of the molecule is COc1ccc(CC(CO)CC(=O)Cc2cccc(Cl)c2)cc1. The first-order chi connectivity index (χ1) is 11.1. The number of ether oxygens (including phenoxy) is 1. The van der Waals surface area contributed by atoms with E-state index < -0.39 is 0 Å². The van der Waals surface area contributed by atoms with Gasteiger partial charge < -0.3 is 9.84 Å². The molecule has 1 N–H and O–H groups in total. The molecule has 1 unspecified atom stereocenters. The summed E-state index contributed by atoms with van der Waals surface area (Å²) >= 11 is 5.93. The third kappa shape index (κ3) is 5.70. The number of halogens is 1. The summed E-state index contributed by atoms with van der Waals surface area (Å²) in [4.78, 5) is 12.2. The van der Waals surface area contributed by atoms with Crippen LogP contribution in [0.4, 0.5) is 0 Å². The lowest BCUT2D eigenvalue weighted by Crippen LogP contribution is -2.16. The number of hydrogen-bond donors (Lipinski definition) is 1. The fraction of sp³-hybridized carbons (Fsp3) is 0.316. The van der Waals surface area contributed by atoms with E-state index in [0.717, 1.165) is 16.9 Å². The van der Waals surface area contributed by atoms with Crippen LogP contribution in [0.25, 0.3) is 0 Å². The lowest BCUT2D eigenvalue weighted by atomic mass is 9.93. The Bertz CT molecular complexity index is 637. The molecule has 0 aromatic heterocycles. The molecule has 2 rings (SSSR count). The molecule has 2 aromatic carbocycles. The Morgan fingerprint density at radius 3 is 2.52 bits per heavy atom. The average Bonchev–Trinajstić information content (AvgIpc) is 2.55. The second-order valence-electron chi connectivity index (χ2n) is 5.65. The van der Waals surface area contributed by atoms with Gasteiger partial charge in [-0.3, -0.25) is 4.79 Å². The first-order valence-corrected chi connectivity index (χ1v) is 7.98. The zero-order valence-corrected chi connectivity index (χ0v) is 13.9. The van der Waals surface area contributed by atoms with Crippen molar-refractivity contribution < 1.29 is 14.6 Å². The Morgan fingerprint density at radius 1 is 1.17 bits per heavy atom. The van der Waals surface area contributed by atoms with Crippen molar-refractivity contribution in [2.75, 3.05) is 13.7 Å². The molecule has 0 saturated carbocycles. The van der Waals surface area contributed by atoms with E-state index in [9.17, 15) is 9.90 Å². The Hall–Kier alpha value is -1.84. The van der Waals surface area contributed by atoms with Gasteiger partial charge in [0.25, 0.3) is 0 Å². The first kappa shape index (κ1) is 17.5. The van der Waals surface area contributed by atoms with Gasteiger partial charge >= 0.3 is 0 Å². The largest absolute Gasteiger partial charge is 0.497 e. The Labute approximate surface area is 141 Å². The third-order valence-corrected chi connectivity index (χ3v) is 3.98. The van der Waals surface area contributed by atoms with Crippen molar-refractivity contribution in [1.82, 2.24) is 0 Å². The molecule has 3 nitrogen and oxygen atoms in total. The highest BCUT2D eigenvalue weighted by Gasteiger charge is 2.14. The molecule has 2 aromatic rings. The molecule has 122 valence electrons. The maximum Gasteiger partial charge on any atom is 0.137 e. The summed E-state index contributed by atoms with van der Waals surface area (Å²) in [5.74, 6) is 0.834. The van der Waals surface area contributed by atoms with Crippen LogP contribution in [0.5, 0.6) is 5.75 Å². The highest BCUT2D eigenvalue weighted by molar-refractivity contribution is 6.30. The molecule has 0 aliphatic rings. The van der Waals surface area contributed by atoms with Gasteiger partial charge in [-0.25, -0.2) is 0 Å². The van der Waals surface area contributed by atoms with Crippen LogP contribution < -0.4 is 4.74 Å². The van der Waals surface area contributed by atoms with E-state index in [2.05, 4.69) is 0 Å². The molecule has 0 saturated heterocycles. The number of Topliss-reactive ketones (excluding diaryl/α,β-unsaturated/α-hetero) is 1. The molecular weight excluding hydrogens is 312 g/mol. The Kier molecular flexibility index (Phi) is 6.63. The smallest absolute Gasteiger partial charge is 0.137 e. The summed E-state index contributed by atoms with van der Waals surface area (Å²) in [7, 11) is 1.63. The number of hydrogen-bond acceptors (Lipinski definition) is 3. The second kappa shape index (κ2) is 8.70. The number of rotatable bonds is 8. The lowest BCUT2D eigenvalue weighted by Gasteiger charge is -2.14. The number of aliphatic hydroxyl groups excluding tert-OH is 1. The zero-order chi connectivity index (χ0) is 16.7. The highest BCUT2D eigenvalue weighted by atomic mass is 35.5. The molecule has 0 amide bonds. The number of benzene rings is 2. The fourth-order valence-electron chi connectivity index (χ4n) is 2.56. The van der Waals surface area contributed by atoms with Crippen molar-refractivity contribution in [3.63, 3.8) is 0 Å². The van der Waals surface area contributed by atoms with Gasteiger partial charge in [0.05, 0.1) is 7.11 Å². The molecule has 0 spiro atoms. The van der Waals surface area contributed by atoms with E-state index in [1.807, 2.05) is 36.4 Å². The summed E-state index contributed by atoms with van der Waals surface area (Å²) in [6, 6.07) is 15.0. The summed E-state index contributed by atoms with van der Waals surface area (Å²) in [6.45, 7) is -0.00663. The van der Waals surface area contributed by atoms with Crippen LogP contribution in [-0.4, -0.2) is 24.6 Å². The molecule has 0 fully saturated rings. The van der Waals surface area contributed by atoms with Gasteiger partial charge in [-0.1, -0.05) is 35.9 Å². The monoisotopic (exact) mass is 332 g/mol. The molecule has 0 radical (unpaired) electrons. The number of ketones is 1. The summed E-state index contributed by atoms with van der Waals surface area (Å²) in [6.07, 6.45) is 1.37. The summed E-state index contributed by atoms with van der Waals surface area (Å²) < 4.78 is 5.13. The van der Waals surface area contributed by atoms with Crippen molar-refractivity contribution in [2.24, 2.45) is 5.92 Å². The van der Waals surface area contributed by atoms with E-state index in [-0.39, 0.29) is 18.3 Å². The highest BCUT2D eigenvalue weighted by Crippen LogP contribution is 2.18. The van der Waals surface area contributed by atoms with Crippen LogP contribution in [0.15, 0.2) is 48.5 Å². The van der Waals surface area contributed by atoms with Crippen LogP contribution in [0.2, 0.25) is 5.02 Å². The second-order valence-corrected chi connectivity index (χ2v) is 6.09. The number of carbonyl (C=O) groups is 1. The molecule has 0 aliphatic carbocycles. The number of carbonyl (C=O) groups excluding carboxylic acids is 1. The molecule has 0 heterocycles. The van der Waals surface area contributed by atoms with E-state index in [0.29, 0.717) is 24.3 Å². The van der Waals surface area contributed by atoms with Gasteiger partial charge in [0.1, 0.15) is 11.5 Å². The van der Waals surface area contributed by atoms with Crippen LogP contribution in [0.3, 0.4) is 0 Å². The fourth-order valence-corrected chi connectivity index (χ4v) is 2.78. The molecule has 0 aliphatic heterocycles. The van der Waals surface area contributed by atoms with Crippen molar-refractivity contribution in [1.29, 1.82) is 0 Å². The van der Waals surface area contributed by atoms with Gasteiger partial charge in [0.15, 0.2) is 0 Å². The topological polar surface area (TPSA) is 46.5 Å².